The molecule has 0 atom stereocenters. The molecule has 144 heavy (non-hydrogen) atoms. The van der Waals surface area contributed by atoms with E-state index in [1.54, 1.807) is 0 Å². The Balaban J connectivity index is 0.0000000986. The fourth-order valence-corrected chi connectivity index (χ4v) is 23.5. The lowest BCUT2D eigenvalue weighted by atomic mass is 9.92. The lowest BCUT2D eigenvalue weighted by Crippen LogP contribution is -2.02. The van der Waals surface area contributed by atoms with Crippen LogP contribution >= 0.6 is 0 Å². The van der Waals surface area contributed by atoms with Crippen molar-refractivity contribution in [3.05, 3.63) is 456 Å². The number of fused-ring (bicyclic) bond motifs is 36. The normalized spacial score (nSPS) is 12.2. The van der Waals surface area contributed by atoms with Gasteiger partial charge in [0.15, 0.2) is 17.5 Å². The monoisotopic (exact) mass is 1830 g/mol. The quantitative estimate of drug-likeness (QED) is 0.159. The summed E-state index contributed by atoms with van der Waals surface area (Å²) in [5, 5.41) is 13.1. The second-order valence-corrected chi connectivity index (χ2v) is 37.5. The van der Waals surface area contributed by atoms with Crippen molar-refractivity contribution in [3.8, 4) is 135 Å². The van der Waals surface area contributed by atoms with E-state index in [9.17, 15) is 0 Å². The predicted molar refractivity (Wildman–Crippen MR) is 588 cm³/mol. The molecule has 0 aliphatic carbocycles. The van der Waals surface area contributed by atoms with Crippen molar-refractivity contribution in [1.82, 2.24) is 72.3 Å². The molecular weight excluding hydrogens is 1760 g/mol. The molecule has 30 aromatic rings. The molecule has 33 rings (SSSR count). The summed E-state index contributed by atoms with van der Waals surface area (Å²) in [6, 6.07) is 151. The second-order valence-electron chi connectivity index (χ2n) is 37.5. The SMILES string of the molecule is c1ccc(-n2c3ccccc3c3cc(-c4cc5c6c(c4)c4ccncc4n6-c4nc6ccccc6nc4-c4ccccc4-5)ccc32)cc1.c1ccc(-n2c3ccccc3c3cc(-c4cc5c6c(c4)c4cnccc4n6-c4nc6ccccc6nc4-c4ccccc4-5)ccc32)cc1.c1ccc(-n2c3ccccc3c3cc(-c4cc5c6c(c4)c4ncccc4n6-c4nc6ccccc6nc4-c4ccccc4-5)ccc32)cc1. The van der Waals surface area contributed by atoms with Crippen molar-refractivity contribution >= 4 is 164 Å². The average Bonchev–Trinajstić information content (AvgIpc) is 1.54. The number of hydrogen-bond acceptors (Lipinski definition) is 9. The molecule has 15 nitrogen and oxygen atoms in total. The van der Waals surface area contributed by atoms with Gasteiger partial charge >= 0.3 is 0 Å². The molecule has 12 aromatic heterocycles. The van der Waals surface area contributed by atoms with Gasteiger partial charge < -0.3 is 13.7 Å². The topological polar surface area (TPSA) is 146 Å². The van der Waals surface area contributed by atoms with Crippen LogP contribution in [-0.2, 0) is 0 Å². The van der Waals surface area contributed by atoms with Gasteiger partial charge in [0.05, 0.1) is 111 Å². The van der Waals surface area contributed by atoms with E-state index >= 15 is 0 Å². The van der Waals surface area contributed by atoms with Gasteiger partial charge in [0.25, 0.3) is 0 Å². The molecule has 666 valence electrons. The fourth-order valence-electron chi connectivity index (χ4n) is 23.5. The van der Waals surface area contributed by atoms with E-state index in [0.717, 1.165) is 212 Å². The van der Waals surface area contributed by atoms with E-state index in [-0.39, 0.29) is 0 Å². The molecule has 0 N–H and O–H groups in total. The number of nitrogens with zero attached hydrogens (tertiary/aromatic N) is 15. The predicted octanol–water partition coefficient (Wildman–Crippen LogP) is 31.6. The van der Waals surface area contributed by atoms with E-state index in [0.29, 0.717) is 0 Å². The van der Waals surface area contributed by atoms with Crippen LogP contribution in [0.5, 0.6) is 0 Å². The van der Waals surface area contributed by atoms with Crippen LogP contribution in [0.25, 0.3) is 299 Å². The Hall–Kier alpha value is -19.8. The van der Waals surface area contributed by atoms with E-state index in [2.05, 4.69) is 383 Å². The van der Waals surface area contributed by atoms with Crippen LogP contribution in [0, 0.1) is 0 Å². The molecule has 15 heteroatoms. The second kappa shape index (κ2) is 30.9. The van der Waals surface area contributed by atoms with Gasteiger partial charge in [-0.15, -0.1) is 0 Å². The Labute approximate surface area is 821 Å². The molecule has 0 bridgehead atoms. The highest BCUT2D eigenvalue weighted by Gasteiger charge is 2.34. The molecule has 0 unspecified atom stereocenters. The van der Waals surface area contributed by atoms with Gasteiger partial charge in [-0.3, -0.25) is 28.7 Å². The minimum atomic E-state index is 0.829. The molecule has 0 radical (unpaired) electrons. The maximum absolute atomic E-state index is 5.27. The lowest BCUT2D eigenvalue weighted by molar-refractivity contribution is 1.08. The van der Waals surface area contributed by atoms with Crippen LogP contribution < -0.4 is 0 Å². The maximum Gasteiger partial charge on any atom is 0.165 e. The smallest absolute Gasteiger partial charge is 0.165 e. The van der Waals surface area contributed by atoms with Crippen LogP contribution in [-0.4, -0.2) is 72.3 Å². The molecule has 3 aliphatic heterocycles. The van der Waals surface area contributed by atoms with Gasteiger partial charge in [0.1, 0.15) is 17.1 Å². The summed E-state index contributed by atoms with van der Waals surface area (Å²) in [6.07, 6.45) is 9.58. The van der Waals surface area contributed by atoms with Crippen LogP contribution in [0.3, 0.4) is 0 Å². The Morgan fingerprint density at radius 2 is 0.458 bits per heavy atom. The standard InChI is InChI=1S/3C43H25N5/c1-2-11-28(12-3-1)47-37-18-9-6-14-30(37)32-23-26(20-21-38(32)47)27-24-33-29-13-4-5-15-31(29)41-43(46-36-17-8-7-16-35(36)45-41)48-39-19-10-22-44-40(39)34(25-27)42(33)48;1-2-10-28(11-3-1)47-38-17-9-6-13-30(38)33-22-26(18-19-39(33)47)27-23-34-29-12-4-5-14-32(29)41-43(46-37-16-8-7-15-36(37)45-41)48-40-25-44-21-20-31(40)35(24-27)42(34)48;1-2-10-28(11-3-1)47-38-17-9-6-13-30(38)32-22-26(18-19-39(32)47)27-23-33-29-12-4-5-14-31(29)41-43(46-37-16-8-7-15-36(37)45-41)48-40-20-21-44-25-35(40)34(24-27)42(33)48/h3*1-25H. The number of benzene rings is 18. The number of hydrogen-bond donors (Lipinski definition) is 0. The lowest BCUT2D eigenvalue weighted by Gasteiger charge is -2.12. The first-order chi connectivity index (χ1) is 71.4. The van der Waals surface area contributed by atoms with Crippen molar-refractivity contribution in [3.63, 3.8) is 0 Å². The van der Waals surface area contributed by atoms with Gasteiger partial charge in [-0.2, -0.15) is 0 Å². The Bertz CT molecular complexity index is 9820. The maximum atomic E-state index is 5.27. The molecule has 0 spiro atoms. The molecular formula is C129H75N15. The summed E-state index contributed by atoms with van der Waals surface area (Å²) in [5.41, 5.74) is 43.0. The summed E-state index contributed by atoms with van der Waals surface area (Å²) in [4.78, 5) is 45.6. The van der Waals surface area contributed by atoms with Gasteiger partial charge in [0.2, 0.25) is 0 Å². The minimum Gasteiger partial charge on any atom is -0.309 e. The highest BCUT2D eigenvalue weighted by atomic mass is 15.1. The van der Waals surface area contributed by atoms with Crippen LogP contribution in [0.15, 0.2) is 456 Å². The van der Waals surface area contributed by atoms with Gasteiger partial charge in [0, 0.05) is 134 Å². The van der Waals surface area contributed by atoms with Crippen LogP contribution in [0.2, 0.25) is 0 Å². The Kier molecular flexibility index (Phi) is 17.0. The minimum absolute atomic E-state index is 0.829. The zero-order valence-corrected chi connectivity index (χ0v) is 77.0. The van der Waals surface area contributed by atoms with Crippen molar-refractivity contribution in [2.24, 2.45) is 0 Å². The number of rotatable bonds is 6. The average molecular weight is 1840 g/mol. The van der Waals surface area contributed by atoms with E-state index in [1.807, 2.05) is 110 Å². The zero-order chi connectivity index (χ0) is 94.0. The summed E-state index contributed by atoms with van der Waals surface area (Å²) < 4.78 is 14.0. The first-order valence-corrected chi connectivity index (χ1v) is 48.6. The van der Waals surface area contributed by atoms with Crippen molar-refractivity contribution < 1.29 is 0 Å². The molecule has 15 heterocycles. The third-order valence-corrected chi connectivity index (χ3v) is 29.7. The molecule has 0 fully saturated rings. The third kappa shape index (κ3) is 11.7. The highest BCUT2D eigenvalue weighted by Crippen LogP contribution is 2.54. The van der Waals surface area contributed by atoms with Gasteiger partial charge in [-0.1, -0.05) is 237 Å². The number of pyridine rings is 3. The number of aromatic nitrogens is 15. The first-order valence-electron chi connectivity index (χ1n) is 48.6. The summed E-state index contributed by atoms with van der Waals surface area (Å²) in [7, 11) is 0. The summed E-state index contributed by atoms with van der Waals surface area (Å²) in [5.74, 6) is 2.50. The molecule has 18 aromatic carbocycles. The zero-order valence-electron chi connectivity index (χ0n) is 77.0. The van der Waals surface area contributed by atoms with Crippen molar-refractivity contribution in [2.45, 2.75) is 0 Å². The third-order valence-electron chi connectivity index (χ3n) is 29.7. The van der Waals surface area contributed by atoms with Gasteiger partial charge in [-0.05, 0) is 238 Å². The van der Waals surface area contributed by atoms with E-state index in [1.165, 1.54) is 87.5 Å². The molecule has 3 aliphatic rings. The van der Waals surface area contributed by atoms with E-state index in [4.69, 9.17) is 34.9 Å². The summed E-state index contributed by atoms with van der Waals surface area (Å²) >= 11 is 0. The van der Waals surface area contributed by atoms with Crippen molar-refractivity contribution in [1.29, 1.82) is 0 Å². The Morgan fingerprint density at radius 1 is 0.160 bits per heavy atom. The summed E-state index contributed by atoms with van der Waals surface area (Å²) in [6.45, 7) is 0. The first kappa shape index (κ1) is 79.3. The molecule has 0 saturated carbocycles. The van der Waals surface area contributed by atoms with Crippen LogP contribution in [0.4, 0.5) is 0 Å². The van der Waals surface area contributed by atoms with Crippen LogP contribution in [0.1, 0.15) is 0 Å². The highest BCUT2D eigenvalue weighted by molar-refractivity contribution is 6.23. The fraction of sp³-hybridized carbons (Fsp3) is 0. The van der Waals surface area contributed by atoms with E-state index < -0.39 is 0 Å². The molecule has 0 saturated heterocycles. The van der Waals surface area contributed by atoms with Gasteiger partial charge in [-0.25, -0.2) is 29.9 Å². The Morgan fingerprint density at radius 3 is 0.882 bits per heavy atom. The number of para-hydroxylation sites is 12. The largest absolute Gasteiger partial charge is 0.309 e. The molecule has 0 amide bonds. The van der Waals surface area contributed by atoms with Crippen molar-refractivity contribution in [2.75, 3.05) is 0 Å².